The van der Waals surface area contributed by atoms with E-state index in [0.29, 0.717) is 22.5 Å². The van der Waals surface area contributed by atoms with E-state index in [4.69, 9.17) is 9.97 Å². The first-order valence-corrected chi connectivity index (χ1v) is 35.2. The molecule has 0 atom stereocenters. The van der Waals surface area contributed by atoms with E-state index >= 15 is 0 Å². The van der Waals surface area contributed by atoms with Crippen LogP contribution in [0.1, 0.15) is 130 Å². The lowest BCUT2D eigenvalue weighted by atomic mass is 9.72. The highest BCUT2D eigenvalue weighted by Gasteiger charge is 2.27. The Morgan fingerprint density at radius 1 is 0.476 bits per heavy atom. The normalized spacial score (nSPS) is 15.1. The van der Waals surface area contributed by atoms with E-state index in [2.05, 4.69) is 259 Å². The summed E-state index contributed by atoms with van der Waals surface area (Å²) in [6.07, 6.45) is 45.7. The molecule has 10 nitrogen and oxygen atoms in total. The number of nitrogens with one attached hydrogen (secondary N) is 4. The van der Waals surface area contributed by atoms with Gasteiger partial charge in [0.1, 0.15) is 0 Å². The standard InChI is InChI=1S/C93H86N6O4/c1-60(15-10-11-16-61(2)18-13-20-63(4)27-47-77-66(7)21-14-58-93(77,8)9)17-12-19-62(3)22-28-67-29-35-72(36-30-67)92(103)95-75-44-39-71(40-45-75)91-84-54-50-80(98-84)88(68-31-23-64(5)24-32-68)78-48-52-82(96-78)90(70-37-42-74(43-38-70)94-87(102)57-41-73-59-76(100)46-56-86(73)101)83-53-49-79(97-83)89(81-51-55-85(91)99-81)69-33-25-65(6)26-34-69/h10-13,15-20,22-40,42-56,59,96,99H,14,21,41,57-58H2,1-9H3,(H,94,102)(H,95,103)/b11-10+,17-12+,18-13+,28-22+,47-27+,60-15+,61-16+,62-19+,63-20+,88-78?,88-80?,89-79?,89-81?,90-82?,90-83?,91-84?,91-85?. The Labute approximate surface area is 604 Å². The monoisotopic (exact) mass is 1350 g/mol. The van der Waals surface area contributed by atoms with Gasteiger partial charge in [0.2, 0.25) is 5.91 Å². The number of aromatic nitrogens is 4. The Hall–Kier alpha value is -12.1. The zero-order valence-corrected chi connectivity index (χ0v) is 60.0. The number of carbonyl (C=O) groups excluding carboxylic acids is 4. The topological polar surface area (TPSA) is 150 Å². The van der Waals surface area contributed by atoms with Crippen LogP contribution >= 0.6 is 0 Å². The number of aryl methyl sites for hydroxylation is 2. The molecule has 10 heteroatoms. The van der Waals surface area contributed by atoms with Crippen LogP contribution < -0.4 is 10.6 Å². The molecular weight excluding hydrogens is 1270 g/mol. The summed E-state index contributed by atoms with van der Waals surface area (Å²) in [6, 6.07) is 48.5. The van der Waals surface area contributed by atoms with Gasteiger partial charge in [-0.2, -0.15) is 0 Å². The maximum Gasteiger partial charge on any atom is 0.255 e. The van der Waals surface area contributed by atoms with Crippen molar-refractivity contribution in [2.24, 2.45) is 5.41 Å². The summed E-state index contributed by atoms with van der Waals surface area (Å²) in [7, 11) is 0. The van der Waals surface area contributed by atoms with Crippen LogP contribution in [0.3, 0.4) is 0 Å². The molecule has 4 aliphatic rings. The zero-order chi connectivity index (χ0) is 72.2. The van der Waals surface area contributed by atoms with Crippen molar-refractivity contribution in [1.82, 2.24) is 19.9 Å². The minimum Gasteiger partial charge on any atom is -0.354 e. The molecule has 12 rings (SSSR count). The van der Waals surface area contributed by atoms with Gasteiger partial charge in [0.25, 0.3) is 5.91 Å². The van der Waals surface area contributed by atoms with Crippen LogP contribution in [0.5, 0.6) is 0 Å². The highest BCUT2D eigenvalue weighted by Crippen LogP contribution is 2.42. The van der Waals surface area contributed by atoms with E-state index in [1.165, 1.54) is 59.8 Å². The van der Waals surface area contributed by atoms with Crippen LogP contribution in [-0.2, 0) is 14.4 Å². The Morgan fingerprint density at radius 3 is 1.35 bits per heavy atom. The fourth-order valence-electron chi connectivity index (χ4n) is 13.3. The van der Waals surface area contributed by atoms with Crippen molar-refractivity contribution in [1.29, 1.82) is 0 Å². The predicted octanol–water partition coefficient (Wildman–Crippen LogP) is 23.1. The summed E-state index contributed by atoms with van der Waals surface area (Å²) < 4.78 is 0. The van der Waals surface area contributed by atoms with Crippen molar-refractivity contribution in [3.63, 3.8) is 0 Å². The van der Waals surface area contributed by atoms with Crippen molar-refractivity contribution in [3.8, 4) is 44.5 Å². The number of allylic oxidation sites excluding steroid dienone is 23. The largest absolute Gasteiger partial charge is 0.354 e. The van der Waals surface area contributed by atoms with Gasteiger partial charge >= 0.3 is 0 Å². The lowest BCUT2D eigenvalue weighted by molar-refractivity contribution is -0.116. The van der Waals surface area contributed by atoms with Gasteiger partial charge in [-0.25, -0.2) is 9.97 Å². The van der Waals surface area contributed by atoms with E-state index in [9.17, 15) is 19.2 Å². The van der Waals surface area contributed by atoms with Crippen LogP contribution in [0, 0.1) is 19.3 Å². The van der Waals surface area contributed by atoms with Crippen molar-refractivity contribution < 1.29 is 19.2 Å². The quantitative estimate of drug-likeness (QED) is 0.0441. The first kappa shape index (κ1) is 70.7. The molecule has 0 spiro atoms. The second kappa shape index (κ2) is 32.0. The predicted molar refractivity (Wildman–Crippen MR) is 431 cm³/mol. The Bertz CT molecular complexity index is 5240. The molecule has 8 bridgehead atoms. The molecule has 103 heavy (non-hydrogen) atoms. The summed E-state index contributed by atoms with van der Waals surface area (Å²) in [5, 5.41) is 6.11. The Kier molecular flexibility index (Phi) is 22.0. The summed E-state index contributed by atoms with van der Waals surface area (Å²) in [4.78, 5) is 70.1. The molecular formula is C93H86N6O4. The first-order chi connectivity index (χ1) is 49.8. The number of fused-ring (bicyclic) bond motifs is 8. The minimum atomic E-state index is -0.274. The van der Waals surface area contributed by atoms with Gasteiger partial charge in [0.15, 0.2) is 11.6 Å². The second-order valence-corrected chi connectivity index (χ2v) is 27.6. The maximum absolute atomic E-state index is 13.9. The first-order valence-electron chi connectivity index (χ1n) is 35.2. The number of anilines is 2. The fourth-order valence-corrected chi connectivity index (χ4v) is 13.3. The number of amides is 2. The molecule has 2 amide bonds. The van der Waals surface area contributed by atoms with E-state index < -0.39 is 0 Å². The average molecular weight is 1350 g/mol. The van der Waals surface area contributed by atoms with Gasteiger partial charge in [-0.3, -0.25) is 19.2 Å². The van der Waals surface area contributed by atoms with Gasteiger partial charge in [-0.1, -0.05) is 223 Å². The number of aromatic amines is 2. The van der Waals surface area contributed by atoms with Gasteiger partial charge in [-0.15, -0.1) is 0 Å². The molecule has 4 N–H and O–H groups in total. The van der Waals surface area contributed by atoms with Gasteiger partial charge in [0, 0.05) is 73.3 Å². The number of hydrogen-bond acceptors (Lipinski definition) is 6. The molecule has 8 aromatic rings. The van der Waals surface area contributed by atoms with Crippen LogP contribution in [0.25, 0.3) is 97.0 Å². The lowest BCUT2D eigenvalue weighted by Crippen LogP contribution is -2.19. The highest BCUT2D eigenvalue weighted by molar-refractivity contribution is 6.17. The van der Waals surface area contributed by atoms with Crippen LogP contribution in [0.4, 0.5) is 11.4 Å². The van der Waals surface area contributed by atoms with Gasteiger partial charge < -0.3 is 20.6 Å². The van der Waals surface area contributed by atoms with E-state index in [1.54, 1.807) is 0 Å². The number of carbonyl (C=O) groups is 4. The smallest absolute Gasteiger partial charge is 0.255 e. The van der Waals surface area contributed by atoms with Crippen molar-refractivity contribution in [3.05, 3.63) is 327 Å². The second-order valence-electron chi connectivity index (χ2n) is 27.6. The van der Waals surface area contributed by atoms with Crippen LogP contribution in [0.2, 0.25) is 0 Å². The van der Waals surface area contributed by atoms with Crippen molar-refractivity contribution >= 4 is 87.2 Å². The molecule has 512 valence electrons. The molecule has 2 aliphatic heterocycles. The number of ketones is 2. The molecule has 0 saturated heterocycles. The van der Waals surface area contributed by atoms with Crippen molar-refractivity contribution in [2.75, 3.05) is 10.6 Å². The molecule has 0 unspecified atom stereocenters. The molecule has 2 aliphatic carbocycles. The third-order valence-electron chi connectivity index (χ3n) is 19.0. The van der Waals surface area contributed by atoms with E-state index in [-0.39, 0.29) is 41.6 Å². The lowest BCUT2D eigenvalue weighted by Gasteiger charge is -2.32. The van der Waals surface area contributed by atoms with Crippen molar-refractivity contribution in [2.45, 2.75) is 94.4 Å². The van der Waals surface area contributed by atoms with E-state index in [1.807, 2.05) is 78.9 Å². The van der Waals surface area contributed by atoms with Gasteiger partial charge in [-0.05, 0) is 216 Å². The molecule has 5 aromatic carbocycles. The zero-order valence-electron chi connectivity index (χ0n) is 60.0. The number of hydrogen-bond donors (Lipinski definition) is 4. The number of nitrogens with zero attached hydrogens (tertiary/aromatic N) is 2. The van der Waals surface area contributed by atoms with Gasteiger partial charge in [0.05, 0.1) is 22.8 Å². The molecule has 5 heterocycles. The van der Waals surface area contributed by atoms with E-state index in [0.717, 1.165) is 117 Å². The molecule has 0 saturated carbocycles. The number of H-pyrrole nitrogens is 2. The molecule has 3 aromatic heterocycles. The summed E-state index contributed by atoms with van der Waals surface area (Å²) in [6.45, 7) is 19.6. The SMILES string of the molecule is CC1=C(/C=C/C(C)=C/C=C/C(C)=C/C=C/C=C(C)/C=C/C=C(C)/C=C/c2ccc(C(=O)Nc3ccc(-c4c5nc(c(-c6ccc(C)cc6)c6ccc([nH]6)c(-c6ccc(NC(=O)CCC7=CC(=O)C=CC7=O)cc6)c6nc(c(-c7ccc(C)cc7)c7ccc4[nH]7)C=C6)C=C5)cc3)cc2)C(C)(C)CCC1. The maximum atomic E-state index is 13.9. The Morgan fingerprint density at radius 2 is 0.893 bits per heavy atom. The molecule has 0 fully saturated rings. The average Bonchev–Trinajstić information content (AvgIpc) is 1.62. The third kappa shape index (κ3) is 17.7. The number of benzene rings is 5. The number of rotatable bonds is 20. The fraction of sp³-hybridized carbons (Fsp3) is 0.161. The summed E-state index contributed by atoms with van der Waals surface area (Å²) >= 11 is 0. The third-order valence-corrected chi connectivity index (χ3v) is 19.0. The summed E-state index contributed by atoms with van der Waals surface area (Å²) in [5.41, 5.74) is 26.8. The summed E-state index contributed by atoms with van der Waals surface area (Å²) in [5.74, 6) is -1.01. The highest BCUT2D eigenvalue weighted by atomic mass is 16.2. The van der Waals surface area contributed by atoms with Crippen LogP contribution in [-0.4, -0.2) is 43.3 Å². The Balaban J connectivity index is 0.776. The van der Waals surface area contributed by atoms with Crippen LogP contribution in [0.15, 0.2) is 282 Å². The minimum absolute atomic E-state index is 0.0411. The molecule has 0 radical (unpaired) electrons.